The molecule has 1 aromatic heterocycles. The lowest BCUT2D eigenvalue weighted by molar-refractivity contribution is 0.438. The first-order chi connectivity index (χ1) is 28.0. The van der Waals surface area contributed by atoms with Gasteiger partial charge in [-0.05, 0) is 114 Å². The van der Waals surface area contributed by atoms with Crippen LogP contribution >= 0.6 is 0 Å². The van der Waals surface area contributed by atoms with Gasteiger partial charge in [-0.15, -0.1) is 0 Å². The standard InChI is InChI=1S/C56H46O/c1-56(2)50-33-31-39(34-49(50)48-28-15-26-42(55(48)56)37-18-7-4-8-19-37)53(40-30-32-45-44-23-11-12-29-51(44)57-52(45)35-40)46-24-10-9-22-43(46)47-27-14-21-38-20-13-25-41(54(38)47)36-16-5-3-6-17-36/h3,5-6,9-17,20-35,37,53H,4,7-8,18-19H2,1-2H3. The van der Waals surface area contributed by atoms with Crippen LogP contribution in [0.2, 0.25) is 0 Å². The molecule has 2 aliphatic carbocycles. The first-order valence-corrected chi connectivity index (χ1v) is 20.9. The summed E-state index contributed by atoms with van der Waals surface area (Å²) in [5.41, 5.74) is 18.0. The van der Waals surface area contributed by atoms with Crippen LogP contribution in [-0.4, -0.2) is 0 Å². The molecule has 2 aliphatic rings. The van der Waals surface area contributed by atoms with E-state index < -0.39 is 0 Å². The third-order valence-corrected chi connectivity index (χ3v) is 13.4. The summed E-state index contributed by atoms with van der Waals surface area (Å²) in [6, 6.07) is 63.4. The molecule has 0 amide bonds. The maximum Gasteiger partial charge on any atom is 0.135 e. The molecule has 0 saturated heterocycles. The summed E-state index contributed by atoms with van der Waals surface area (Å²) in [5, 5.41) is 4.84. The van der Waals surface area contributed by atoms with Crippen molar-refractivity contribution < 1.29 is 4.42 Å². The number of furan rings is 1. The average Bonchev–Trinajstić information content (AvgIpc) is 3.75. The van der Waals surface area contributed by atoms with Crippen LogP contribution in [0.3, 0.4) is 0 Å². The zero-order chi connectivity index (χ0) is 38.1. The second-order valence-electron chi connectivity index (χ2n) is 17.0. The highest BCUT2D eigenvalue weighted by atomic mass is 16.3. The molecule has 8 aromatic carbocycles. The molecule has 9 aromatic rings. The van der Waals surface area contributed by atoms with Crippen LogP contribution in [0.1, 0.15) is 91.2 Å². The number of benzene rings is 8. The van der Waals surface area contributed by atoms with Gasteiger partial charge < -0.3 is 4.42 Å². The number of hydrogen-bond acceptors (Lipinski definition) is 1. The fourth-order valence-corrected chi connectivity index (χ4v) is 10.8. The predicted molar refractivity (Wildman–Crippen MR) is 239 cm³/mol. The number of hydrogen-bond donors (Lipinski definition) is 0. The topological polar surface area (TPSA) is 13.1 Å². The van der Waals surface area contributed by atoms with E-state index in [1.54, 1.807) is 11.1 Å². The van der Waals surface area contributed by atoms with E-state index in [4.69, 9.17) is 4.42 Å². The summed E-state index contributed by atoms with van der Waals surface area (Å²) >= 11 is 0. The van der Waals surface area contributed by atoms with Crippen LogP contribution in [0.4, 0.5) is 0 Å². The van der Waals surface area contributed by atoms with Gasteiger partial charge in [0, 0.05) is 22.1 Å². The van der Waals surface area contributed by atoms with E-state index in [-0.39, 0.29) is 11.3 Å². The minimum atomic E-state index is -0.0609. The Labute approximate surface area is 335 Å². The van der Waals surface area contributed by atoms with E-state index in [9.17, 15) is 0 Å². The predicted octanol–water partition coefficient (Wildman–Crippen LogP) is 15.6. The Bertz CT molecular complexity index is 2970. The van der Waals surface area contributed by atoms with Gasteiger partial charge in [-0.3, -0.25) is 0 Å². The number of para-hydroxylation sites is 1. The quantitative estimate of drug-likeness (QED) is 0.155. The van der Waals surface area contributed by atoms with E-state index in [1.807, 2.05) is 0 Å². The lowest BCUT2D eigenvalue weighted by Crippen LogP contribution is -2.19. The molecule has 1 unspecified atom stereocenters. The van der Waals surface area contributed by atoms with E-state index in [0.29, 0.717) is 5.92 Å². The lowest BCUT2D eigenvalue weighted by atomic mass is 9.74. The molecule has 1 heterocycles. The van der Waals surface area contributed by atoms with Gasteiger partial charge in [-0.1, -0.05) is 185 Å². The molecule has 276 valence electrons. The van der Waals surface area contributed by atoms with E-state index in [1.165, 1.54) is 98.5 Å². The fourth-order valence-electron chi connectivity index (χ4n) is 10.8. The number of rotatable bonds is 6. The molecule has 0 radical (unpaired) electrons. The van der Waals surface area contributed by atoms with Gasteiger partial charge in [0.2, 0.25) is 0 Å². The molecule has 0 N–H and O–H groups in total. The molecular formula is C56H46O. The van der Waals surface area contributed by atoms with Crippen LogP contribution < -0.4 is 0 Å². The summed E-state index contributed by atoms with van der Waals surface area (Å²) in [4.78, 5) is 0. The van der Waals surface area contributed by atoms with Crippen molar-refractivity contribution in [3.05, 3.63) is 203 Å². The highest BCUT2D eigenvalue weighted by molar-refractivity contribution is 6.07. The summed E-state index contributed by atoms with van der Waals surface area (Å²) in [7, 11) is 0. The Kier molecular flexibility index (Phi) is 8.07. The highest BCUT2D eigenvalue weighted by Gasteiger charge is 2.39. The van der Waals surface area contributed by atoms with Crippen molar-refractivity contribution in [2.24, 2.45) is 0 Å². The minimum Gasteiger partial charge on any atom is -0.456 e. The van der Waals surface area contributed by atoms with E-state index in [2.05, 4.69) is 184 Å². The first kappa shape index (κ1) is 34.1. The van der Waals surface area contributed by atoms with Gasteiger partial charge >= 0.3 is 0 Å². The smallest absolute Gasteiger partial charge is 0.135 e. The molecule has 1 fully saturated rings. The van der Waals surface area contributed by atoms with Gasteiger partial charge in [0.25, 0.3) is 0 Å². The molecule has 11 rings (SSSR count). The van der Waals surface area contributed by atoms with Gasteiger partial charge in [-0.2, -0.15) is 0 Å². The average molecular weight is 735 g/mol. The summed E-state index contributed by atoms with van der Waals surface area (Å²) in [5.74, 6) is 0.607. The Morgan fingerprint density at radius 2 is 1.18 bits per heavy atom. The van der Waals surface area contributed by atoms with Crippen LogP contribution in [0.25, 0.3) is 66.1 Å². The van der Waals surface area contributed by atoms with E-state index >= 15 is 0 Å². The van der Waals surface area contributed by atoms with Crippen molar-refractivity contribution in [1.29, 1.82) is 0 Å². The van der Waals surface area contributed by atoms with Crippen molar-refractivity contribution in [3.8, 4) is 33.4 Å². The molecule has 1 atom stereocenters. The molecule has 0 bridgehead atoms. The van der Waals surface area contributed by atoms with Crippen molar-refractivity contribution in [1.82, 2.24) is 0 Å². The van der Waals surface area contributed by atoms with Crippen LogP contribution in [0.5, 0.6) is 0 Å². The summed E-state index contributed by atoms with van der Waals surface area (Å²) < 4.78 is 6.57. The zero-order valence-electron chi connectivity index (χ0n) is 32.8. The molecule has 1 heteroatoms. The first-order valence-electron chi connectivity index (χ1n) is 20.9. The third-order valence-electron chi connectivity index (χ3n) is 13.4. The van der Waals surface area contributed by atoms with Crippen molar-refractivity contribution in [2.75, 3.05) is 0 Å². The normalized spacial score (nSPS) is 15.5. The Hall–Kier alpha value is -6.18. The summed E-state index contributed by atoms with van der Waals surface area (Å²) in [6.07, 6.45) is 6.65. The van der Waals surface area contributed by atoms with Crippen LogP contribution in [-0.2, 0) is 5.41 Å². The molecule has 57 heavy (non-hydrogen) atoms. The molecule has 1 saturated carbocycles. The molecule has 0 spiro atoms. The Morgan fingerprint density at radius 3 is 2.04 bits per heavy atom. The van der Waals surface area contributed by atoms with Gasteiger partial charge in [0.1, 0.15) is 11.2 Å². The van der Waals surface area contributed by atoms with Crippen LogP contribution in [0, 0.1) is 0 Å². The summed E-state index contributed by atoms with van der Waals surface area (Å²) in [6.45, 7) is 4.91. The second kappa shape index (κ2) is 13.5. The largest absolute Gasteiger partial charge is 0.456 e. The van der Waals surface area contributed by atoms with Crippen LogP contribution in [0.15, 0.2) is 174 Å². The van der Waals surface area contributed by atoms with Gasteiger partial charge in [0.05, 0.1) is 0 Å². The minimum absolute atomic E-state index is 0.0445. The maximum absolute atomic E-state index is 6.57. The molecule has 1 nitrogen and oxygen atoms in total. The Morgan fingerprint density at radius 1 is 0.509 bits per heavy atom. The van der Waals surface area contributed by atoms with E-state index in [0.717, 1.165) is 21.9 Å². The van der Waals surface area contributed by atoms with Gasteiger partial charge in [-0.25, -0.2) is 0 Å². The third kappa shape index (κ3) is 5.51. The van der Waals surface area contributed by atoms with Crippen molar-refractivity contribution in [2.45, 2.75) is 63.2 Å². The van der Waals surface area contributed by atoms with Gasteiger partial charge in [0.15, 0.2) is 0 Å². The zero-order valence-corrected chi connectivity index (χ0v) is 32.8. The highest BCUT2D eigenvalue weighted by Crippen LogP contribution is 2.54. The van der Waals surface area contributed by atoms with Crippen molar-refractivity contribution >= 4 is 32.7 Å². The SMILES string of the molecule is CC1(C)c2ccc(C(c3ccc4c(c3)oc3ccccc34)c3ccccc3-c3cccc4cccc(-c5ccccc5)c34)cc2-c2cccc(C3CCCCC3)c21. The fraction of sp³-hybridized carbons (Fsp3) is 0.179. The lowest BCUT2D eigenvalue weighted by Gasteiger charge is -2.30. The van der Waals surface area contributed by atoms with Crippen molar-refractivity contribution in [3.63, 3.8) is 0 Å². The Balaban J connectivity index is 1.15. The second-order valence-corrected chi connectivity index (χ2v) is 17.0. The number of fused-ring (bicyclic) bond motifs is 7. The molecule has 0 aliphatic heterocycles. The monoisotopic (exact) mass is 734 g/mol. The molecular weight excluding hydrogens is 689 g/mol. The maximum atomic E-state index is 6.57.